The van der Waals surface area contributed by atoms with Crippen LogP contribution in [0.15, 0.2) is 66.0 Å². The van der Waals surface area contributed by atoms with Crippen molar-refractivity contribution in [3.8, 4) is 23.1 Å². The highest BCUT2D eigenvalue weighted by Gasteiger charge is 2.17. The van der Waals surface area contributed by atoms with Gasteiger partial charge in [0.1, 0.15) is 0 Å². The van der Waals surface area contributed by atoms with Crippen LogP contribution in [0, 0.1) is 6.92 Å². The number of carbonyl (C=O) groups excluding carboxylic acids is 1. The molecule has 31 heavy (non-hydrogen) atoms. The number of amides is 1. The first kappa shape index (κ1) is 20.8. The van der Waals surface area contributed by atoms with Crippen LogP contribution in [0.2, 0.25) is 0 Å². The van der Waals surface area contributed by atoms with E-state index in [1.165, 1.54) is 0 Å². The lowest BCUT2D eigenvalue weighted by Crippen LogP contribution is -2.13. The Kier molecular flexibility index (Phi) is 6.13. The summed E-state index contributed by atoms with van der Waals surface area (Å²) < 4.78 is 7.52. The van der Waals surface area contributed by atoms with Crippen LogP contribution in [0.5, 0.6) is 6.01 Å². The molecule has 0 aliphatic carbocycles. The second-order valence-corrected chi connectivity index (χ2v) is 8.49. The number of carbonyl (C=O) groups is 1. The molecule has 158 valence electrons. The summed E-state index contributed by atoms with van der Waals surface area (Å²) in [5, 5.41) is 9.49. The molecule has 0 atom stereocenters. The average molecular weight is 433 g/mol. The van der Waals surface area contributed by atoms with Crippen molar-refractivity contribution in [3.05, 3.63) is 76.5 Å². The first-order valence-corrected chi connectivity index (χ1v) is 11.0. The Morgan fingerprint density at radius 3 is 2.55 bits per heavy atom. The van der Waals surface area contributed by atoms with Gasteiger partial charge < -0.3 is 10.1 Å². The number of ether oxygens (including phenoxy) is 1. The lowest BCUT2D eigenvalue weighted by molar-refractivity contribution is -0.115. The van der Waals surface area contributed by atoms with Gasteiger partial charge in [-0.05, 0) is 62.0 Å². The predicted octanol–water partition coefficient (Wildman–Crippen LogP) is 5.27. The highest BCUT2D eigenvalue weighted by molar-refractivity contribution is 7.10. The molecule has 1 N–H and O–H groups in total. The average Bonchev–Trinajstić information content (AvgIpc) is 3.38. The highest BCUT2D eigenvalue weighted by Crippen LogP contribution is 2.27. The number of nitrogens with one attached hydrogen (secondary N) is 1. The monoisotopic (exact) mass is 432 g/mol. The largest absolute Gasteiger partial charge is 0.460 e. The van der Waals surface area contributed by atoms with E-state index in [-0.39, 0.29) is 12.0 Å². The Labute approximate surface area is 185 Å². The van der Waals surface area contributed by atoms with Crippen molar-refractivity contribution in [2.24, 2.45) is 0 Å². The molecule has 6 nitrogen and oxygen atoms in total. The lowest BCUT2D eigenvalue weighted by Gasteiger charge is -2.09. The maximum absolute atomic E-state index is 12.3. The van der Waals surface area contributed by atoms with E-state index in [0.717, 1.165) is 27.4 Å². The molecule has 2 aromatic heterocycles. The minimum absolute atomic E-state index is 0.0264. The zero-order valence-electron chi connectivity index (χ0n) is 17.7. The fraction of sp³-hybridized carbons (Fsp3) is 0.208. The Balaban J connectivity index is 1.60. The van der Waals surface area contributed by atoms with Crippen LogP contribution in [0.1, 0.15) is 24.3 Å². The third kappa shape index (κ3) is 5.00. The number of hydrogen-bond acceptors (Lipinski definition) is 5. The standard InChI is InChI=1S/C24H24N4O2S/c1-16(2)30-24-26-23(21-9-5-4-7-17(21)3)28(27-24)19-12-10-18(11-13-19)25-22(29)15-20-8-6-14-31-20/h4-14,16H,15H2,1-3H3,(H,25,29). The number of nitrogens with zero attached hydrogens (tertiary/aromatic N) is 3. The van der Waals surface area contributed by atoms with Crippen molar-refractivity contribution in [1.82, 2.24) is 14.8 Å². The van der Waals surface area contributed by atoms with E-state index in [1.54, 1.807) is 16.0 Å². The molecule has 0 saturated carbocycles. The van der Waals surface area contributed by atoms with Gasteiger partial charge in [-0.3, -0.25) is 4.79 Å². The molecule has 0 bridgehead atoms. The topological polar surface area (TPSA) is 69.0 Å². The minimum atomic E-state index is -0.0378. The van der Waals surface area contributed by atoms with Crippen LogP contribution >= 0.6 is 11.3 Å². The summed E-state index contributed by atoms with van der Waals surface area (Å²) >= 11 is 1.58. The first-order valence-electron chi connectivity index (χ1n) is 10.1. The van der Waals surface area contributed by atoms with Crippen LogP contribution < -0.4 is 10.1 Å². The molecular formula is C24H24N4O2S. The summed E-state index contributed by atoms with van der Waals surface area (Å²) in [5.41, 5.74) is 3.66. The summed E-state index contributed by atoms with van der Waals surface area (Å²) in [6.45, 7) is 5.94. The van der Waals surface area contributed by atoms with Crippen molar-refractivity contribution in [2.75, 3.05) is 5.32 Å². The smallest absolute Gasteiger partial charge is 0.336 e. The SMILES string of the molecule is Cc1ccccc1-c1nc(OC(C)C)nn1-c1ccc(NC(=O)Cc2cccs2)cc1. The number of rotatable bonds is 7. The summed E-state index contributed by atoms with van der Waals surface area (Å²) in [5.74, 6) is 0.674. The molecule has 7 heteroatoms. The second-order valence-electron chi connectivity index (χ2n) is 7.46. The lowest BCUT2D eigenvalue weighted by atomic mass is 10.1. The van der Waals surface area contributed by atoms with E-state index in [1.807, 2.05) is 86.8 Å². The van der Waals surface area contributed by atoms with E-state index in [2.05, 4.69) is 15.4 Å². The van der Waals surface area contributed by atoms with Gasteiger partial charge in [0.25, 0.3) is 0 Å². The molecule has 4 aromatic rings. The van der Waals surface area contributed by atoms with Gasteiger partial charge in [0.05, 0.1) is 18.2 Å². The highest BCUT2D eigenvalue weighted by atomic mass is 32.1. The Bertz CT molecular complexity index is 1160. The van der Waals surface area contributed by atoms with Crippen molar-refractivity contribution in [2.45, 2.75) is 33.3 Å². The van der Waals surface area contributed by atoms with E-state index in [9.17, 15) is 4.79 Å². The number of anilines is 1. The van der Waals surface area contributed by atoms with Gasteiger partial charge in [-0.15, -0.1) is 16.4 Å². The summed E-state index contributed by atoms with van der Waals surface area (Å²) in [6.07, 6.45) is 0.344. The molecule has 0 aliphatic rings. The van der Waals surface area contributed by atoms with Gasteiger partial charge in [0.2, 0.25) is 5.91 Å². The number of aryl methyl sites for hydroxylation is 1. The molecule has 0 fully saturated rings. The Morgan fingerprint density at radius 2 is 1.87 bits per heavy atom. The molecule has 2 aromatic carbocycles. The number of thiophene rings is 1. The third-order valence-electron chi connectivity index (χ3n) is 4.63. The predicted molar refractivity (Wildman–Crippen MR) is 124 cm³/mol. The summed E-state index contributed by atoms with van der Waals surface area (Å²) in [7, 11) is 0. The molecule has 0 saturated heterocycles. The first-order chi connectivity index (χ1) is 15.0. The number of aromatic nitrogens is 3. The van der Waals surface area contributed by atoms with Crippen molar-refractivity contribution >= 4 is 22.9 Å². The van der Waals surface area contributed by atoms with E-state index >= 15 is 0 Å². The van der Waals surface area contributed by atoms with Gasteiger partial charge in [-0.25, -0.2) is 4.68 Å². The van der Waals surface area contributed by atoms with Crippen LogP contribution in [0.25, 0.3) is 17.1 Å². The van der Waals surface area contributed by atoms with Crippen molar-refractivity contribution in [3.63, 3.8) is 0 Å². The van der Waals surface area contributed by atoms with Gasteiger partial charge >= 0.3 is 6.01 Å². The quantitative estimate of drug-likeness (QED) is 0.432. The zero-order valence-corrected chi connectivity index (χ0v) is 18.5. The van der Waals surface area contributed by atoms with E-state index in [0.29, 0.717) is 18.3 Å². The van der Waals surface area contributed by atoms with Gasteiger partial charge in [0.15, 0.2) is 5.82 Å². The normalized spacial score (nSPS) is 11.0. The number of hydrogen-bond donors (Lipinski definition) is 1. The van der Waals surface area contributed by atoms with Crippen LogP contribution in [0.3, 0.4) is 0 Å². The van der Waals surface area contributed by atoms with E-state index in [4.69, 9.17) is 4.74 Å². The fourth-order valence-corrected chi connectivity index (χ4v) is 3.90. The third-order valence-corrected chi connectivity index (χ3v) is 5.50. The minimum Gasteiger partial charge on any atom is -0.460 e. The second kappa shape index (κ2) is 9.14. The molecule has 0 radical (unpaired) electrons. The van der Waals surface area contributed by atoms with Crippen LogP contribution in [-0.2, 0) is 11.2 Å². The zero-order chi connectivity index (χ0) is 21.8. The van der Waals surface area contributed by atoms with Crippen LogP contribution in [0.4, 0.5) is 5.69 Å². The maximum atomic E-state index is 12.3. The molecule has 2 heterocycles. The van der Waals surface area contributed by atoms with Gasteiger partial charge in [-0.2, -0.15) is 4.98 Å². The molecule has 0 unspecified atom stereocenters. The van der Waals surface area contributed by atoms with Crippen molar-refractivity contribution < 1.29 is 9.53 Å². The maximum Gasteiger partial charge on any atom is 0.336 e. The van der Waals surface area contributed by atoms with Gasteiger partial charge in [-0.1, -0.05) is 30.3 Å². The molecule has 0 aliphatic heterocycles. The Morgan fingerprint density at radius 1 is 1.10 bits per heavy atom. The van der Waals surface area contributed by atoms with Crippen molar-refractivity contribution in [1.29, 1.82) is 0 Å². The molecule has 0 spiro atoms. The van der Waals surface area contributed by atoms with Gasteiger partial charge in [0, 0.05) is 16.1 Å². The fourth-order valence-electron chi connectivity index (χ4n) is 3.19. The van der Waals surface area contributed by atoms with E-state index < -0.39 is 0 Å². The summed E-state index contributed by atoms with van der Waals surface area (Å²) in [6, 6.07) is 19.9. The summed E-state index contributed by atoms with van der Waals surface area (Å²) in [4.78, 5) is 17.9. The number of benzene rings is 2. The van der Waals surface area contributed by atoms with Crippen LogP contribution in [-0.4, -0.2) is 26.8 Å². The molecule has 4 rings (SSSR count). The molecular weight excluding hydrogens is 408 g/mol. The molecule has 1 amide bonds. The Hall–Kier alpha value is -3.45.